The van der Waals surface area contributed by atoms with Gasteiger partial charge in [0.05, 0.1) is 17.4 Å². The molecule has 0 atom stereocenters. The number of para-hydroxylation sites is 1. The van der Waals surface area contributed by atoms with Gasteiger partial charge in [0, 0.05) is 36.5 Å². The fourth-order valence-corrected chi connectivity index (χ4v) is 6.86. The number of aromatic nitrogens is 2. The number of thiophene rings is 1. The quantitative estimate of drug-likeness (QED) is 0.227. The van der Waals surface area contributed by atoms with Crippen LogP contribution in [0.15, 0.2) is 121 Å². The summed E-state index contributed by atoms with van der Waals surface area (Å²) >= 11 is 1.87. The molecule has 3 heteroatoms. The van der Waals surface area contributed by atoms with E-state index in [4.69, 9.17) is 4.98 Å². The molecule has 0 unspecified atom stereocenters. The molecule has 0 spiro atoms. The van der Waals surface area contributed by atoms with Crippen LogP contribution >= 0.6 is 11.3 Å². The van der Waals surface area contributed by atoms with Gasteiger partial charge < -0.3 is 0 Å². The summed E-state index contributed by atoms with van der Waals surface area (Å²) in [6, 6.07) is 41.4. The molecule has 5 aromatic carbocycles. The minimum Gasteiger partial charge on any atom is -0.292 e. The molecule has 8 aromatic rings. The maximum Gasteiger partial charge on any atom is 0.145 e. The Hall–Kier alpha value is -4.47. The highest BCUT2D eigenvalue weighted by Crippen LogP contribution is 2.41. The van der Waals surface area contributed by atoms with E-state index in [0.717, 1.165) is 11.3 Å². The van der Waals surface area contributed by atoms with E-state index in [2.05, 4.69) is 120 Å². The van der Waals surface area contributed by atoms with E-state index in [9.17, 15) is 0 Å². The number of hydrogen-bond acceptors (Lipinski definition) is 2. The van der Waals surface area contributed by atoms with Crippen LogP contribution in [0.4, 0.5) is 0 Å². The summed E-state index contributed by atoms with van der Waals surface area (Å²) in [4.78, 5) is 4.92. The number of pyridine rings is 1. The summed E-state index contributed by atoms with van der Waals surface area (Å²) in [5, 5.41) is 6.31. The Kier molecular flexibility index (Phi) is 4.13. The van der Waals surface area contributed by atoms with Gasteiger partial charge in [-0.25, -0.2) is 4.98 Å². The topological polar surface area (TPSA) is 17.3 Å². The molecule has 0 saturated heterocycles. The highest BCUT2D eigenvalue weighted by Gasteiger charge is 2.15. The van der Waals surface area contributed by atoms with Gasteiger partial charge in [-0.15, -0.1) is 11.3 Å². The van der Waals surface area contributed by atoms with Gasteiger partial charge in [0.1, 0.15) is 5.65 Å². The Morgan fingerprint density at radius 3 is 2.17 bits per heavy atom. The van der Waals surface area contributed by atoms with Gasteiger partial charge in [-0.1, -0.05) is 97.1 Å². The average molecular weight is 477 g/mol. The fraction of sp³-hybridized carbons (Fsp3) is 0. The molecular formula is C33H20N2S. The smallest absolute Gasteiger partial charge is 0.145 e. The maximum absolute atomic E-state index is 4.92. The van der Waals surface area contributed by atoms with Crippen LogP contribution in [0.3, 0.4) is 0 Å². The molecule has 0 fully saturated rings. The van der Waals surface area contributed by atoms with Gasteiger partial charge in [0.15, 0.2) is 0 Å². The summed E-state index contributed by atoms with van der Waals surface area (Å²) in [6.45, 7) is 0. The molecule has 0 aliphatic heterocycles. The van der Waals surface area contributed by atoms with E-state index >= 15 is 0 Å². The standard InChI is InChI=1S/C33H20N2S/c1-2-14-28-24(11-1)25-12-3-5-17-29(25)35-30(20-34-33(28)35)22-10-7-9-21(19-22)23-15-8-16-27-26-13-4-6-18-31(26)36-32(23)27/h1-20H. The van der Waals surface area contributed by atoms with Crippen molar-refractivity contribution in [3.63, 3.8) is 0 Å². The average Bonchev–Trinajstić information content (AvgIpc) is 3.56. The van der Waals surface area contributed by atoms with Gasteiger partial charge >= 0.3 is 0 Å². The minimum absolute atomic E-state index is 0.997. The molecule has 2 nitrogen and oxygen atoms in total. The molecule has 3 heterocycles. The number of rotatable bonds is 2. The molecule has 0 aliphatic rings. The molecule has 0 aliphatic carbocycles. The first-order chi connectivity index (χ1) is 17.9. The van der Waals surface area contributed by atoms with E-state index < -0.39 is 0 Å². The van der Waals surface area contributed by atoms with Crippen LogP contribution < -0.4 is 0 Å². The van der Waals surface area contributed by atoms with Crippen molar-refractivity contribution in [1.82, 2.24) is 9.38 Å². The number of imidazole rings is 1. The lowest BCUT2D eigenvalue weighted by atomic mass is 10.00. The Balaban J connectivity index is 1.40. The zero-order chi connectivity index (χ0) is 23.6. The predicted octanol–water partition coefficient (Wildman–Crippen LogP) is 9.34. The number of benzene rings is 5. The van der Waals surface area contributed by atoms with E-state index in [1.807, 2.05) is 17.5 Å². The van der Waals surface area contributed by atoms with Gasteiger partial charge in [-0.2, -0.15) is 0 Å². The second kappa shape index (κ2) is 7.51. The van der Waals surface area contributed by atoms with Crippen LogP contribution in [0.2, 0.25) is 0 Å². The van der Waals surface area contributed by atoms with E-state index in [0.29, 0.717) is 0 Å². The van der Waals surface area contributed by atoms with Crippen molar-refractivity contribution in [3.8, 4) is 22.4 Å². The van der Waals surface area contributed by atoms with Crippen LogP contribution in [0.5, 0.6) is 0 Å². The molecular weight excluding hydrogens is 456 g/mol. The fourth-order valence-electron chi connectivity index (χ4n) is 5.62. The second-order valence-corrected chi connectivity index (χ2v) is 10.3. The number of fused-ring (bicyclic) bond motifs is 9. The number of hydrogen-bond donors (Lipinski definition) is 0. The summed E-state index contributed by atoms with van der Waals surface area (Å²) in [7, 11) is 0. The van der Waals surface area contributed by atoms with Crippen molar-refractivity contribution in [1.29, 1.82) is 0 Å². The normalized spacial score (nSPS) is 11.9. The third-order valence-electron chi connectivity index (χ3n) is 7.24. The minimum atomic E-state index is 0.997. The van der Waals surface area contributed by atoms with Crippen LogP contribution in [-0.2, 0) is 0 Å². The molecule has 0 bridgehead atoms. The van der Waals surface area contributed by atoms with Gasteiger partial charge in [0.25, 0.3) is 0 Å². The first-order valence-electron chi connectivity index (χ1n) is 12.1. The van der Waals surface area contributed by atoms with Crippen molar-refractivity contribution in [2.75, 3.05) is 0 Å². The van der Waals surface area contributed by atoms with Crippen molar-refractivity contribution in [3.05, 3.63) is 121 Å². The SMILES string of the molecule is c1cc(-c2cccc3c2sc2ccccc23)cc(-c2cnc3c4ccccc4c4ccccc4n23)c1. The number of nitrogens with zero attached hydrogens (tertiary/aromatic N) is 2. The zero-order valence-electron chi connectivity index (χ0n) is 19.3. The largest absolute Gasteiger partial charge is 0.292 e. The van der Waals surface area contributed by atoms with Crippen LogP contribution in [0.25, 0.3) is 69.9 Å². The first-order valence-corrected chi connectivity index (χ1v) is 13.0. The Morgan fingerprint density at radius 1 is 0.556 bits per heavy atom. The third kappa shape index (κ3) is 2.75. The Bertz CT molecular complexity index is 2110. The van der Waals surface area contributed by atoms with Crippen molar-refractivity contribution >= 4 is 58.8 Å². The lowest BCUT2D eigenvalue weighted by molar-refractivity contribution is 1.27. The van der Waals surface area contributed by atoms with E-state index in [1.165, 1.54) is 58.5 Å². The molecule has 36 heavy (non-hydrogen) atoms. The molecule has 0 radical (unpaired) electrons. The molecule has 0 amide bonds. The highest BCUT2D eigenvalue weighted by molar-refractivity contribution is 7.26. The maximum atomic E-state index is 4.92. The van der Waals surface area contributed by atoms with Crippen LogP contribution in [0, 0.1) is 0 Å². The van der Waals surface area contributed by atoms with Crippen LogP contribution in [-0.4, -0.2) is 9.38 Å². The molecule has 8 rings (SSSR count). The van der Waals surface area contributed by atoms with Crippen molar-refractivity contribution in [2.45, 2.75) is 0 Å². The van der Waals surface area contributed by atoms with Gasteiger partial charge in [0.2, 0.25) is 0 Å². The van der Waals surface area contributed by atoms with E-state index in [-0.39, 0.29) is 0 Å². The molecule has 3 aromatic heterocycles. The lowest BCUT2D eigenvalue weighted by Crippen LogP contribution is -1.93. The van der Waals surface area contributed by atoms with Gasteiger partial charge in [-0.05, 0) is 34.7 Å². The monoisotopic (exact) mass is 476 g/mol. The lowest BCUT2D eigenvalue weighted by Gasteiger charge is -2.11. The Labute approximate surface area is 211 Å². The summed E-state index contributed by atoms with van der Waals surface area (Å²) in [5.41, 5.74) is 6.95. The van der Waals surface area contributed by atoms with Crippen LogP contribution in [0.1, 0.15) is 0 Å². The molecule has 168 valence electrons. The first kappa shape index (κ1) is 19.8. The zero-order valence-corrected chi connectivity index (χ0v) is 20.2. The second-order valence-electron chi connectivity index (χ2n) is 9.23. The summed E-state index contributed by atoms with van der Waals surface area (Å²) < 4.78 is 4.98. The van der Waals surface area contributed by atoms with Crippen molar-refractivity contribution < 1.29 is 0 Å². The van der Waals surface area contributed by atoms with Crippen molar-refractivity contribution in [2.24, 2.45) is 0 Å². The summed E-state index contributed by atoms with van der Waals surface area (Å²) in [5.74, 6) is 0. The predicted molar refractivity (Wildman–Crippen MR) is 154 cm³/mol. The van der Waals surface area contributed by atoms with E-state index in [1.54, 1.807) is 0 Å². The Morgan fingerprint density at radius 2 is 1.25 bits per heavy atom. The molecule has 0 N–H and O–H groups in total. The highest BCUT2D eigenvalue weighted by atomic mass is 32.1. The summed E-state index contributed by atoms with van der Waals surface area (Å²) in [6.07, 6.45) is 2.02. The third-order valence-corrected chi connectivity index (χ3v) is 8.46. The van der Waals surface area contributed by atoms with Gasteiger partial charge in [-0.3, -0.25) is 4.40 Å². The molecule has 0 saturated carbocycles.